The first-order valence-corrected chi connectivity index (χ1v) is 9.16. The number of aromatic nitrogens is 1. The number of aliphatic imine (C=N–C) groups is 1. The lowest BCUT2D eigenvalue weighted by Crippen LogP contribution is -2.36. The van der Waals surface area contributed by atoms with Crippen LogP contribution >= 0.6 is 0 Å². The summed E-state index contributed by atoms with van der Waals surface area (Å²) >= 11 is 0. The molecule has 0 radical (unpaired) electrons. The van der Waals surface area contributed by atoms with Crippen LogP contribution in [0, 0.1) is 0 Å². The Kier molecular flexibility index (Phi) is 7.20. The smallest absolute Gasteiger partial charge is 0.387 e. The van der Waals surface area contributed by atoms with Gasteiger partial charge in [-0.05, 0) is 18.2 Å². The quantitative estimate of drug-likeness (QED) is 0.429. The van der Waals surface area contributed by atoms with Crippen molar-refractivity contribution in [3.8, 4) is 22.8 Å². The molecule has 158 valence electrons. The molecule has 0 aliphatic rings. The van der Waals surface area contributed by atoms with Gasteiger partial charge in [-0.15, -0.1) is 0 Å². The molecule has 0 fully saturated rings. The van der Waals surface area contributed by atoms with Gasteiger partial charge in [-0.3, -0.25) is 4.99 Å². The summed E-state index contributed by atoms with van der Waals surface area (Å²) in [6.45, 7) is -2.35. The van der Waals surface area contributed by atoms with Gasteiger partial charge in [0.05, 0.1) is 13.7 Å². The van der Waals surface area contributed by atoms with Gasteiger partial charge in [0, 0.05) is 30.8 Å². The van der Waals surface area contributed by atoms with Crippen molar-refractivity contribution in [3.05, 3.63) is 65.9 Å². The van der Waals surface area contributed by atoms with E-state index < -0.39 is 6.61 Å². The molecule has 0 bridgehead atoms. The van der Waals surface area contributed by atoms with Crippen LogP contribution < -0.4 is 20.1 Å². The summed E-state index contributed by atoms with van der Waals surface area (Å²) in [4.78, 5) is 4.13. The molecule has 0 saturated heterocycles. The van der Waals surface area contributed by atoms with E-state index in [0.29, 0.717) is 35.3 Å². The lowest BCUT2D eigenvalue weighted by Gasteiger charge is -2.15. The van der Waals surface area contributed by atoms with E-state index in [1.165, 1.54) is 13.2 Å². The number of nitrogens with one attached hydrogen (secondary N) is 2. The SMILES string of the molecule is CN=C(NCc1cc(-c2ccccc2)on1)NCc1cc(OC)ccc1OC(F)F. The number of hydrogen-bond donors (Lipinski definition) is 2. The summed E-state index contributed by atoms with van der Waals surface area (Å²) in [5.41, 5.74) is 2.13. The number of guanidine groups is 1. The van der Waals surface area contributed by atoms with E-state index in [1.54, 1.807) is 19.2 Å². The molecule has 0 spiro atoms. The van der Waals surface area contributed by atoms with Gasteiger partial charge >= 0.3 is 6.61 Å². The Labute approximate surface area is 172 Å². The summed E-state index contributed by atoms with van der Waals surface area (Å²) in [5, 5.41) is 10.2. The molecule has 2 aromatic carbocycles. The van der Waals surface area contributed by atoms with Crippen molar-refractivity contribution in [3.63, 3.8) is 0 Å². The number of alkyl halides is 2. The highest BCUT2D eigenvalue weighted by molar-refractivity contribution is 5.79. The largest absolute Gasteiger partial charge is 0.497 e. The fraction of sp³-hybridized carbons (Fsp3) is 0.238. The van der Waals surface area contributed by atoms with Gasteiger partial charge in [-0.25, -0.2) is 0 Å². The molecule has 0 atom stereocenters. The number of benzene rings is 2. The molecule has 9 heteroatoms. The number of nitrogens with zero attached hydrogens (tertiary/aromatic N) is 2. The van der Waals surface area contributed by atoms with Crippen LogP contribution in [0.2, 0.25) is 0 Å². The van der Waals surface area contributed by atoms with E-state index in [1.807, 2.05) is 36.4 Å². The molecule has 30 heavy (non-hydrogen) atoms. The number of hydrogen-bond acceptors (Lipinski definition) is 5. The Morgan fingerprint density at radius 2 is 1.87 bits per heavy atom. The van der Waals surface area contributed by atoms with Crippen LogP contribution in [-0.2, 0) is 13.1 Å². The first-order chi connectivity index (χ1) is 14.6. The Morgan fingerprint density at radius 3 is 2.57 bits per heavy atom. The van der Waals surface area contributed by atoms with Crippen LogP contribution in [0.5, 0.6) is 11.5 Å². The summed E-state index contributed by atoms with van der Waals surface area (Å²) in [6.07, 6.45) is 0. The fourth-order valence-corrected chi connectivity index (χ4v) is 2.74. The van der Waals surface area contributed by atoms with Crippen molar-refractivity contribution < 1.29 is 22.8 Å². The van der Waals surface area contributed by atoms with E-state index in [-0.39, 0.29) is 12.3 Å². The second-order valence-corrected chi connectivity index (χ2v) is 6.18. The molecule has 0 saturated carbocycles. The van der Waals surface area contributed by atoms with Crippen LogP contribution in [0.25, 0.3) is 11.3 Å². The number of ether oxygens (including phenoxy) is 2. The molecule has 1 heterocycles. The molecule has 7 nitrogen and oxygen atoms in total. The van der Waals surface area contributed by atoms with Crippen molar-refractivity contribution >= 4 is 5.96 Å². The van der Waals surface area contributed by atoms with Crippen LogP contribution in [0.3, 0.4) is 0 Å². The van der Waals surface area contributed by atoms with Crippen LogP contribution in [-0.4, -0.2) is 31.9 Å². The van der Waals surface area contributed by atoms with Crippen molar-refractivity contribution in [2.45, 2.75) is 19.7 Å². The summed E-state index contributed by atoms with van der Waals surface area (Å²) in [7, 11) is 3.11. The molecule has 3 aromatic rings. The Bertz CT molecular complexity index is 977. The average Bonchev–Trinajstić information content (AvgIpc) is 3.24. The van der Waals surface area contributed by atoms with Crippen molar-refractivity contribution in [2.24, 2.45) is 4.99 Å². The van der Waals surface area contributed by atoms with Gasteiger partial charge in [0.2, 0.25) is 0 Å². The number of methoxy groups -OCH3 is 1. The maximum Gasteiger partial charge on any atom is 0.387 e. The predicted molar refractivity (Wildman–Crippen MR) is 109 cm³/mol. The molecular formula is C21H22F2N4O3. The van der Waals surface area contributed by atoms with Crippen LogP contribution in [0.1, 0.15) is 11.3 Å². The highest BCUT2D eigenvalue weighted by atomic mass is 19.3. The molecule has 0 aliphatic carbocycles. The maximum atomic E-state index is 12.7. The lowest BCUT2D eigenvalue weighted by molar-refractivity contribution is -0.0504. The zero-order valence-electron chi connectivity index (χ0n) is 16.6. The van der Waals surface area contributed by atoms with Crippen molar-refractivity contribution in [1.82, 2.24) is 15.8 Å². The van der Waals surface area contributed by atoms with Gasteiger partial charge in [0.25, 0.3) is 0 Å². The third-order valence-corrected chi connectivity index (χ3v) is 4.21. The molecular weight excluding hydrogens is 394 g/mol. The first-order valence-electron chi connectivity index (χ1n) is 9.16. The minimum Gasteiger partial charge on any atom is -0.497 e. The minimum absolute atomic E-state index is 0.0674. The van der Waals surface area contributed by atoms with Crippen LogP contribution in [0.4, 0.5) is 8.78 Å². The second-order valence-electron chi connectivity index (χ2n) is 6.18. The summed E-state index contributed by atoms with van der Waals surface area (Å²) in [5.74, 6) is 1.73. The molecule has 2 N–H and O–H groups in total. The number of halogens is 2. The first kappa shape index (κ1) is 21.1. The summed E-state index contributed by atoms with van der Waals surface area (Å²) in [6, 6.07) is 16.1. The topological polar surface area (TPSA) is 80.9 Å². The van der Waals surface area contributed by atoms with E-state index in [4.69, 9.17) is 9.26 Å². The number of rotatable bonds is 8. The predicted octanol–water partition coefficient (Wildman–Crippen LogP) is 3.82. The fourth-order valence-electron chi connectivity index (χ4n) is 2.74. The standard InChI is InChI=1S/C21H22F2N4O3/c1-24-21(25-12-15-10-17(28-2)8-9-18(15)29-20(22)23)26-13-16-11-19(30-27-16)14-6-4-3-5-7-14/h3-11,20H,12-13H2,1-2H3,(H2,24,25,26). The highest BCUT2D eigenvalue weighted by Crippen LogP contribution is 2.25. The zero-order chi connectivity index (χ0) is 21.3. The monoisotopic (exact) mass is 416 g/mol. The molecule has 0 amide bonds. The van der Waals surface area contributed by atoms with Gasteiger partial charge in [-0.2, -0.15) is 8.78 Å². The van der Waals surface area contributed by atoms with Crippen LogP contribution in [0.15, 0.2) is 64.1 Å². The zero-order valence-corrected chi connectivity index (χ0v) is 16.6. The minimum atomic E-state index is -2.92. The molecule has 0 unspecified atom stereocenters. The van der Waals surface area contributed by atoms with Crippen molar-refractivity contribution in [1.29, 1.82) is 0 Å². The lowest BCUT2D eigenvalue weighted by atomic mass is 10.2. The molecule has 0 aliphatic heterocycles. The van der Waals surface area contributed by atoms with Gasteiger partial charge < -0.3 is 24.6 Å². The highest BCUT2D eigenvalue weighted by Gasteiger charge is 2.12. The average molecular weight is 416 g/mol. The third-order valence-electron chi connectivity index (χ3n) is 4.21. The Morgan fingerprint density at radius 1 is 1.10 bits per heavy atom. The van der Waals surface area contributed by atoms with E-state index in [0.717, 1.165) is 5.56 Å². The van der Waals surface area contributed by atoms with Gasteiger partial charge in [-0.1, -0.05) is 35.5 Å². The Hall–Kier alpha value is -3.62. The second kappa shape index (κ2) is 10.2. The maximum absolute atomic E-state index is 12.7. The van der Waals surface area contributed by atoms with E-state index >= 15 is 0 Å². The van der Waals surface area contributed by atoms with Gasteiger partial charge in [0.1, 0.15) is 17.2 Å². The molecule has 3 rings (SSSR count). The van der Waals surface area contributed by atoms with E-state index in [9.17, 15) is 8.78 Å². The third kappa shape index (κ3) is 5.69. The Balaban J connectivity index is 1.60. The molecule has 1 aromatic heterocycles. The summed E-state index contributed by atoms with van der Waals surface area (Å²) < 4.78 is 40.4. The van der Waals surface area contributed by atoms with Crippen molar-refractivity contribution in [2.75, 3.05) is 14.2 Å². The van der Waals surface area contributed by atoms with E-state index in [2.05, 4.69) is 25.5 Å². The normalized spacial score (nSPS) is 11.4. The van der Waals surface area contributed by atoms with Gasteiger partial charge in [0.15, 0.2) is 11.7 Å².